The van der Waals surface area contributed by atoms with Gasteiger partial charge in [0.05, 0.1) is 6.61 Å². The molecule has 0 unspecified atom stereocenters. The molecule has 0 atom stereocenters. The van der Waals surface area contributed by atoms with E-state index in [1.165, 1.54) is 12.8 Å². The number of halogens is 1. The number of aromatic nitrogens is 1. The smallest absolute Gasteiger partial charge is 0.232 e. The Morgan fingerprint density at radius 1 is 1.47 bits per heavy atom. The molecule has 0 saturated carbocycles. The van der Waals surface area contributed by atoms with Gasteiger partial charge >= 0.3 is 0 Å². The lowest BCUT2D eigenvalue weighted by Gasteiger charge is -2.07. The van der Waals surface area contributed by atoms with Crippen molar-refractivity contribution >= 4 is 11.6 Å². The van der Waals surface area contributed by atoms with E-state index in [1.54, 1.807) is 12.3 Å². The van der Waals surface area contributed by atoms with Crippen molar-refractivity contribution in [2.24, 2.45) is 5.73 Å². The number of pyridine rings is 1. The van der Waals surface area contributed by atoms with Crippen LogP contribution in [0.1, 0.15) is 31.7 Å². The second kappa shape index (κ2) is 6.64. The summed E-state index contributed by atoms with van der Waals surface area (Å²) in [4.78, 5) is 4.11. The average Bonchev–Trinajstić information content (AvgIpc) is 2.26. The van der Waals surface area contributed by atoms with Crippen LogP contribution in [0.5, 0.6) is 5.88 Å². The van der Waals surface area contributed by atoms with E-state index in [2.05, 4.69) is 11.9 Å². The van der Waals surface area contributed by atoms with Crippen molar-refractivity contribution in [1.29, 1.82) is 0 Å². The average molecular weight is 229 g/mol. The Hall–Kier alpha value is -0.800. The lowest BCUT2D eigenvalue weighted by Crippen LogP contribution is -2.02. The van der Waals surface area contributed by atoms with Gasteiger partial charge < -0.3 is 10.5 Å². The van der Waals surface area contributed by atoms with Crippen LogP contribution >= 0.6 is 11.6 Å². The first-order valence-electron chi connectivity index (χ1n) is 5.25. The number of ether oxygens (including phenoxy) is 1. The number of nitrogens with zero attached hydrogens (tertiary/aromatic N) is 1. The summed E-state index contributed by atoms with van der Waals surface area (Å²) < 4.78 is 5.45. The van der Waals surface area contributed by atoms with Crippen LogP contribution in [-0.2, 0) is 6.54 Å². The third-order valence-electron chi connectivity index (χ3n) is 2.09. The van der Waals surface area contributed by atoms with Crippen molar-refractivity contribution in [3.05, 3.63) is 22.8 Å². The van der Waals surface area contributed by atoms with E-state index in [-0.39, 0.29) is 0 Å². The molecule has 0 radical (unpaired) electrons. The molecule has 84 valence electrons. The SMILES string of the molecule is CCCCCOc1ncc(CN)cc1Cl. The van der Waals surface area contributed by atoms with Crippen LogP contribution in [0, 0.1) is 0 Å². The van der Waals surface area contributed by atoms with Crippen LogP contribution < -0.4 is 10.5 Å². The summed E-state index contributed by atoms with van der Waals surface area (Å²) in [6.45, 7) is 3.27. The molecule has 1 aromatic heterocycles. The summed E-state index contributed by atoms with van der Waals surface area (Å²) in [6, 6.07) is 1.80. The summed E-state index contributed by atoms with van der Waals surface area (Å²) >= 11 is 5.98. The molecular formula is C11H17ClN2O. The summed E-state index contributed by atoms with van der Waals surface area (Å²) in [6.07, 6.45) is 5.07. The van der Waals surface area contributed by atoms with Gasteiger partial charge in [-0.2, -0.15) is 0 Å². The van der Waals surface area contributed by atoms with E-state index >= 15 is 0 Å². The molecule has 2 N–H and O–H groups in total. The van der Waals surface area contributed by atoms with Crippen LogP contribution in [0.25, 0.3) is 0 Å². The lowest BCUT2D eigenvalue weighted by molar-refractivity contribution is 0.295. The van der Waals surface area contributed by atoms with Crippen molar-refractivity contribution in [3.8, 4) is 5.88 Å². The minimum atomic E-state index is 0.447. The maximum absolute atomic E-state index is 5.98. The Kier molecular flexibility index (Phi) is 5.43. The van der Waals surface area contributed by atoms with Crippen LogP contribution in [-0.4, -0.2) is 11.6 Å². The van der Waals surface area contributed by atoms with Crippen LogP contribution in [0.15, 0.2) is 12.3 Å². The number of hydrogen-bond acceptors (Lipinski definition) is 3. The van der Waals surface area contributed by atoms with E-state index in [0.717, 1.165) is 12.0 Å². The normalized spacial score (nSPS) is 10.3. The van der Waals surface area contributed by atoms with Gasteiger partial charge in [0.25, 0.3) is 0 Å². The zero-order valence-electron chi connectivity index (χ0n) is 9.00. The van der Waals surface area contributed by atoms with E-state index < -0.39 is 0 Å². The third kappa shape index (κ3) is 4.06. The largest absolute Gasteiger partial charge is 0.477 e. The van der Waals surface area contributed by atoms with Crippen molar-refractivity contribution in [2.75, 3.05) is 6.61 Å². The topological polar surface area (TPSA) is 48.1 Å². The fourth-order valence-corrected chi connectivity index (χ4v) is 1.45. The van der Waals surface area contributed by atoms with Gasteiger partial charge in [-0.3, -0.25) is 0 Å². The highest BCUT2D eigenvalue weighted by Gasteiger charge is 2.03. The van der Waals surface area contributed by atoms with Gasteiger partial charge in [-0.05, 0) is 18.1 Å². The monoisotopic (exact) mass is 228 g/mol. The fraction of sp³-hybridized carbons (Fsp3) is 0.545. The molecular weight excluding hydrogens is 212 g/mol. The molecule has 1 aromatic rings. The van der Waals surface area contributed by atoms with Gasteiger partial charge in [0.15, 0.2) is 0 Å². The van der Waals surface area contributed by atoms with Crippen molar-refractivity contribution < 1.29 is 4.74 Å². The number of unbranched alkanes of at least 4 members (excludes halogenated alkanes) is 2. The molecule has 15 heavy (non-hydrogen) atoms. The molecule has 0 saturated heterocycles. The zero-order valence-corrected chi connectivity index (χ0v) is 9.76. The Labute approximate surface area is 95.6 Å². The standard InChI is InChI=1S/C11H17ClN2O/c1-2-3-4-5-15-11-10(12)6-9(7-13)8-14-11/h6,8H,2-5,7,13H2,1H3. The summed E-state index contributed by atoms with van der Waals surface area (Å²) in [5.74, 6) is 0.505. The quantitative estimate of drug-likeness (QED) is 0.762. The predicted octanol–water partition coefficient (Wildman–Crippen LogP) is 2.76. The number of rotatable bonds is 6. The van der Waals surface area contributed by atoms with Gasteiger partial charge in [-0.1, -0.05) is 31.4 Å². The molecule has 0 fully saturated rings. The van der Waals surface area contributed by atoms with Crippen LogP contribution in [0.2, 0.25) is 5.02 Å². The maximum Gasteiger partial charge on any atom is 0.232 e. The minimum Gasteiger partial charge on any atom is -0.477 e. The van der Waals surface area contributed by atoms with E-state index in [4.69, 9.17) is 22.1 Å². The first kappa shape index (κ1) is 12.3. The van der Waals surface area contributed by atoms with Gasteiger partial charge in [-0.25, -0.2) is 4.98 Å². The van der Waals surface area contributed by atoms with Gasteiger partial charge in [0, 0.05) is 12.7 Å². The van der Waals surface area contributed by atoms with Gasteiger partial charge in [0.1, 0.15) is 5.02 Å². The molecule has 1 heterocycles. The lowest BCUT2D eigenvalue weighted by atomic mass is 10.3. The first-order valence-corrected chi connectivity index (χ1v) is 5.63. The fourth-order valence-electron chi connectivity index (χ4n) is 1.20. The Morgan fingerprint density at radius 2 is 2.27 bits per heavy atom. The molecule has 1 rings (SSSR count). The van der Waals surface area contributed by atoms with Crippen molar-refractivity contribution in [3.63, 3.8) is 0 Å². The molecule has 0 amide bonds. The molecule has 0 aromatic carbocycles. The molecule has 4 heteroatoms. The second-order valence-electron chi connectivity index (χ2n) is 3.39. The Balaban J connectivity index is 2.47. The predicted molar refractivity (Wildman–Crippen MR) is 62.2 cm³/mol. The molecule has 0 aliphatic carbocycles. The van der Waals surface area contributed by atoms with Gasteiger partial charge in [-0.15, -0.1) is 0 Å². The highest BCUT2D eigenvalue weighted by molar-refractivity contribution is 6.31. The summed E-state index contributed by atoms with van der Waals surface area (Å²) in [5, 5.41) is 0.537. The maximum atomic E-state index is 5.98. The number of nitrogens with two attached hydrogens (primary N) is 1. The second-order valence-corrected chi connectivity index (χ2v) is 3.80. The zero-order chi connectivity index (χ0) is 11.1. The molecule has 0 spiro atoms. The van der Waals surface area contributed by atoms with Crippen molar-refractivity contribution in [2.45, 2.75) is 32.7 Å². The molecule has 3 nitrogen and oxygen atoms in total. The highest BCUT2D eigenvalue weighted by atomic mass is 35.5. The number of hydrogen-bond donors (Lipinski definition) is 1. The summed E-state index contributed by atoms with van der Waals surface area (Å²) in [5.41, 5.74) is 6.39. The van der Waals surface area contributed by atoms with Crippen molar-refractivity contribution in [1.82, 2.24) is 4.98 Å². The Morgan fingerprint density at radius 3 is 2.87 bits per heavy atom. The van der Waals surface area contributed by atoms with E-state index in [0.29, 0.717) is 24.1 Å². The minimum absolute atomic E-state index is 0.447. The molecule has 0 bridgehead atoms. The molecule has 0 aliphatic rings. The third-order valence-corrected chi connectivity index (χ3v) is 2.36. The summed E-state index contributed by atoms with van der Waals surface area (Å²) in [7, 11) is 0. The molecule has 0 aliphatic heterocycles. The Bertz CT molecular complexity index is 305. The van der Waals surface area contributed by atoms with E-state index in [1.807, 2.05) is 0 Å². The van der Waals surface area contributed by atoms with E-state index in [9.17, 15) is 0 Å². The van der Waals surface area contributed by atoms with Crippen LogP contribution in [0.3, 0.4) is 0 Å². The van der Waals surface area contributed by atoms with Gasteiger partial charge in [0.2, 0.25) is 5.88 Å². The highest BCUT2D eigenvalue weighted by Crippen LogP contribution is 2.22. The first-order chi connectivity index (χ1) is 7.27. The van der Waals surface area contributed by atoms with Crippen LogP contribution in [0.4, 0.5) is 0 Å².